The van der Waals surface area contributed by atoms with Crippen LogP contribution in [0.1, 0.15) is 28.9 Å². The number of benzene rings is 2. The van der Waals surface area contributed by atoms with Crippen molar-refractivity contribution >= 4 is 24.2 Å². The molecule has 0 aliphatic heterocycles. The highest BCUT2D eigenvalue weighted by Crippen LogP contribution is 2.26. The van der Waals surface area contributed by atoms with Gasteiger partial charge in [-0.15, -0.1) is 0 Å². The maximum atomic E-state index is 4.21. The molecule has 0 bridgehead atoms. The maximum Gasteiger partial charge on any atom is 0.0675 e. The zero-order valence-corrected chi connectivity index (χ0v) is 17.3. The minimum Gasteiger partial charge on any atom is -0.378 e. The van der Waals surface area contributed by atoms with Gasteiger partial charge in [-0.05, 0) is 74.9 Å². The van der Waals surface area contributed by atoms with Gasteiger partial charge < -0.3 is 9.47 Å². The van der Waals surface area contributed by atoms with Crippen molar-refractivity contribution in [2.75, 3.05) is 19.0 Å². The second-order valence-corrected chi connectivity index (χ2v) is 7.30. The minimum absolute atomic E-state index is 0.954. The lowest BCUT2D eigenvalue weighted by molar-refractivity contribution is 0.964. The zero-order chi connectivity index (χ0) is 20.1. The fraction of sp³-hybridized carbons (Fsp3) is 0.240. The summed E-state index contributed by atoms with van der Waals surface area (Å²) in [5.41, 5.74) is 8.35. The van der Waals surface area contributed by atoms with Crippen molar-refractivity contribution in [3.05, 3.63) is 83.2 Å². The van der Waals surface area contributed by atoms with Gasteiger partial charge in [0.2, 0.25) is 0 Å². The van der Waals surface area contributed by atoms with Gasteiger partial charge in [0.25, 0.3) is 0 Å². The first kappa shape index (κ1) is 19.7. The maximum absolute atomic E-state index is 4.21. The van der Waals surface area contributed by atoms with E-state index >= 15 is 0 Å². The molecule has 144 valence electrons. The van der Waals surface area contributed by atoms with Crippen molar-refractivity contribution < 1.29 is 0 Å². The van der Waals surface area contributed by atoms with Gasteiger partial charge in [-0.25, -0.2) is 0 Å². The molecular formula is C25H29N3. The topological polar surface area (TPSA) is 20.5 Å². The molecule has 0 aliphatic carbocycles. The first-order valence-corrected chi connectivity index (χ1v) is 9.69. The molecule has 28 heavy (non-hydrogen) atoms. The van der Waals surface area contributed by atoms with Crippen LogP contribution in [0, 0.1) is 13.8 Å². The van der Waals surface area contributed by atoms with Crippen molar-refractivity contribution in [1.82, 2.24) is 4.57 Å². The molecule has 1 heterocycles. The molecule has 0 saturated heterocycles. The third-order valence-electron chi connectivity index (χ3n) is 5.12. The molecule has 1 aromatic heterocycles. The molecule has 0 aliphatic rings. The lowest BCUT2D eigenvalue weighted by Gasteiger charge is -2.14. The average molecular weight is 372 g/mol. The molecule has 0 amide bonds. The van der Waals surface area contributed by atoms with Gasteiger partial charge in [0.05, 0.1) is 5.69 Å². The largest absolute Gasteiger partial charge is 0.378 e. The van der Waals surface area contributed by atoms with Crippen LogP contribution in [0.2, 0.25) is 0 Å². The summed E-state index contributed by atoms with van der Waals surface area (Å²) >= 11 is 0. The van der Waals surface area contributed by atoms with Gasteiger partial charge >= 0.3 is 0 Å². The third kappa shape index (κ3) is 4.25. The van der Waals surface area contributed by atoms with Gasteiger partial charge in [0.15, 0.2) is 0 Å². The summed E-state index contributed by atoms with van der Waals surface area (Å²) in [7, 11) is 4.08. The molecule has 0 atom stereocenters. The molecule has 0 spiro atoms. The Morgan fingerprint density at radius 1 is 1.04 bits per heavy atom. The van der Waals surface area contributed by atoms with E-state index in [-0.39, 0.29) is 0 Å². The van der Waals surface area contributed by atoms with E-state index in [0.717, 1.165) is 24.2 Å². The summed E-state index contributed by atoms with van der Waals surface area (Å²) < 4.78 is 2.30. The molecule has 3 heteroatoms. The lowest BCUT2D eigenvalue weighted by atomic mass is 10.1. The summed E-state index contributed by atoms with van der Waals surface area (Å²) in [5.74, 6) is 0. The molecule has 3 rings (SSSR count). The first-order valence-electron chi connectivity index (χ1n) is 9.69. The normalized spacial score (nSPS) is 11.1. The van der Waals surface area contributed by atoms with E-state index in [1.807, 2.05) is 14.1 Å². The molecule has 2 aromatic carbocycles. The van der Waals surface area contributed by atoms with E-state index in [9.17, 15) is 0 Å². The van der Waals surface area contributed by atoms with Crippen LogP contribution in [0.3, 0.4) is 0 Å². The first-order chi connectivity index (χ1) is 13.5. The number of aromatic nitrogens is 1. The molecule has 0 radical (unpaired) electrons. The fourth-order valence-corrected chi connectivity index (χ4v) is 3.57. The monoisotopic (exact) mass is 371 g/mol. The van der Waals surface area contributed by atoms with Crippen LogP contribution in [0.25, 0.3) is 11.8 Å². The standard InChI is InChI=1S/C25H29N3/c1-19-17-22(20(2)28(19)23-13-7-6-8-14-23)12-10-9-11-21-15-16-24(27(4)5)18-25(21)26-3/h6-8,10,12-18H,3,9,11H2,1-2,4-5H3/b12-10+. The third-order valence-corrected chi connectivity index (χ3v) is 5.12. The Labute approximate surface area is 168 Å². The van der Waals surface area contributed by atoms with Crippen LogP contribution in [-0.4, -0.2) is 25.4 Å². The number of aliphatic imine (C=N–C) groups is 1. The van der Waals surface area contributed by atoms with Crippen molar-refractivity contribution in [1.29, 1.82) is 0 Å². The van der Waals surface area contributed by atoms with Crippen LogP contribution in [0.15, 0.2) is 65.7 Å². The Kier molecular flexibility index (Phi) is 6.15. The Balaban J connectivity index is 1.72. The number of aryl methyl sites for hydroxylation is 2. The van der Waals surface area contributed by atoms with Gasteiger partial charge in [0, 0.05) is 36.9 Å². The second kappa shape index (κ2) is 8.75. The average Bonchev–Trinajstić information content (AvgIpc) is 2.99. The van der Waals surface area contributed by atoms with Crippen LogP contribution in [0.4, 0.5) is 11.4 Å². The smallest absolute Gasteiger partial charge is 0.0675 e. The van der Waals surface area contributed by atoms with Gasteiger partial charge in [-0.3, -0.25) is 4.99 Å². The van der Waals surface area contributed by atoms with Crippen LogP contribution >= 0.6 is 0 Å². The molecule has 0 N–H and O–H groups in total. The summed E-state index contributed by atoms with van der Waals surface area (Å²) in [6, 6.07) is 19.2. The summed E-state index contributed by atoms with van der Waals surface area (Å²) in [5, 5.41) is 0. The molecule has 0 unspecified atom stereocenters. The second-order valence-electron chi connectivity index (χ2n) is 7.30. The summed E-state index contributed by atoms with van der Waals surface area (Å²) in [6.45, 7) is 8.07. The minimum atomic E-state index is 0.954. The molecule has 3 nitrogen and oxygen atoms in total. The Morgan fingerprint density at radius 2 is 1.79 bits per heavy atom. The number of allylic oxidation sites excluding steroid dienone is 1. The molecule has 0 fully saturated rings. The number of rotatable bonds is 7. The fourth-order valence-electron chi connectivity index (χ4n) is 3.57. The Hall–Kier alpha value is -3.07. The summed E-state index contributed by atoms with van der Waals surface area (Å²) in [6.07, 6.45) is 6.41. The van der Waals surface area contributed by atoms with E-state index in [1.54, 1.807) is 0 Å². The van der Waals surface area contributed by atoms with Crippen LogP contribution < -0.4 is 4.90 Å². The SMILES string of the molecule is C=Nc1cc(N(C)C)ccc1CC/C=C/c1cc(C)n(-c2ccccc2)c1C. The Bertz CT molecular complexity index is 979. The van der Waals surface area contributed by atoms with Crippen molar-refractivity contribution in [2.45, 2.75) is 26.7 Å². The molecular weight excluding hydrogens is 342 g/mol. The van der Waals surface area contributed by atoms with Gasteiger partial charge in [-0.2, -0.15) is 0 Å². The van der Waals surface area contributed by atoms with E-state index in [2.05, 4.69) is 102 Å². The summed E-state index contributed by atoms with van der Waals surface area (Å²) in [4.78, 5) is 6.29. The zero-order valence-electron chi connectivity index (χ0n) is 17.3. The molecule has 0 saturated carbocycles. The lowest BCUT2D eigenvalue weighted by Crippen LogP contribution is -2.08. The van der Waals surface area contributed by atoms with Gasteiger partial charge in [-0.1, -0.05) is 36.4 Å². The van der Waals surface area contributed by atoms with Crippen molar-refractivity contribution in [2.24, 2.45) is 4.99 Å². The molecule has 3 aromatic rings. The highest BCUT2D eigenvalue weighted by Gasteiger charge is 2.08. The van der Waals surface area contributed by atoms with E-state index in [4.69, 9.17) is 0 Å². The number of para-hydroxylation sites is 1. The highest BCUT2D eigenvalue weighted by molar-refractivity contribution is 5.62. The predicted octanol–water partition coefficient (Wildman–Crippen LogP) is 6.14. The quantitative estimate of drug-likeness (QED) is 0.457. The van der Waals surface area contributed by atoms with E-state index in [0.29, 0.717) is 0 Å². The number of hydrogen-bond donors (Lipinski definition) is 0. The van der Waals surface area contributed by atoms with Crippen LogP contribution in [0.5, 0.6) is 0 Å². The Morgan fingerprint density at radius 3 is 2.46 bits per heavy atom. The number of hydrogen-bond acceptors (Lipinski definition) is 2. The van der Waals surface area contributed by atoms with Gasteiger partial charge in [0.1, 0.15) is 0 Å². The van der Waals surface area contributed by atoms with E-state index in [1.165, 1.54) is 28.2 Å². The predicted molar refractivity (Wildman–Crippen MR) is 123 cm³/mol. The number of nitrogens with zero attached hydrogens (tertiary/aromatic N) is 3. The van der Waals surface area contributed by atoms with Crippen LogP contribution in [-0.2, 0) is 6.42 Å². The van der Waals surface area contributed by atoms with Crippen molar-refractivity contribution in [3.8, 4) is 5.69 Å². The number of anilines is 1. The highest BCUT2D eigenvalue weighted by atomic mass is 15.1. The van der Waals surface area contributed by atoms with E-state index < -0.39 is 0 Å². The van der Waals surface area contributed by atoms with Crippen molar-refractivity contribution in [3.63, 3.8) is 0 Å².